The van der Waals surface area contributed by atoms with Crippen molar-refractivity contribution in [2.24, 2.45) is 0 Å². The summed E-state index contributed by atoms with van der Waals surface area (Å²) < 4.78 is 7.19. The second kappa shape index (κ2) is 8.58. The summed E-state index contributed by atoms with van der Waals surface area (Å²) in [5.74, 6) is 1.89. The lowest BCUT2D eigenvalue weighted by molar-refractivity contribution is 0.417. The van der Waals surface area contributed by atoms with Crippen molar-refractivity contribution in [2.75, 3.05) is 7.05 Å². The molecule has 0 bridgehead atoms. The van der Waals surface area contributed by atoms with Crippen molar-refractivity contribution in [1.82, 2.24) is 35.2 Å². The standard InChI is InChI=1S/C18H25N7O.ClH/c1-10(2)16-14(17-22-15(24-26-17)8-11(3)19-6)9-25(23-16)18-20-12(4)7-13(5)21-18;/h7,9-11,19H,8H2,1-6H3;1H. The molecule has 1 N–H and O–H groups in total. The maximum absolute atomic E-state index is 5.50. The maximum Gasteiger partial charge on any atom is 0.261 e. The van der Waals surface area contributed by atoms with Crippen LogP contribution >= 0.6 is 12.4 Å². The lowest BCUT2D eigenvalue weighted by atomic mass is 10.1. The van der Waals surface area contributed by atoms with E-state index in [0.717, 1.165) is 22.6 Å². The monoisotopic (exact) mass is 391 g/mol. The second-order valence-electron chi connectivity index (χ2n) is 6.89. The highest BCUT2D eigenvalue weighted by molar-refractivity contribution is 5.85. The zero-order valence-electron chi connectivity index (χ0n) is 16.5. The fraction of sp³-hybridized carbons (Fsp3) is 0.500. The van der Waals surface area contributed by atoms with Gasteiger partial charge in [0.25, 0.3) is 11.8 Å². The molecule has 0 radical (unpaired) electrons. The van der Waals surface area contributed by atoms with Crippen LogP contribution in [0, 0.1) is 13.8 Å². The quantitative estimate of drug-likeness (QED) is 0.689. The number of nitrogens with one attached hydrogen (secondary N) is 1. The molecule has 9 heteroatoms. The van der Waals surface area contributed by atoms with E-state index < -0.39 is 0 Å². The highest BCUT2D eigenvalue weighted by Crippen LogP contribution is 2.28. The highest BCUT2D eigenvalue weighted by Gasteiger charge is 2.21. The topological polar surface area (TPSA) is 94.6 Å². The number of rotatable bonds is 6. The summed E-state index contributed by atoms with van der Waals surface area (Å²) in [4.78, 5) is 13.5. The number of hydrogen-bond acceptors (Lipinski definition) is 7. The molecule has 0 fully saturated rings. The summed E-state index contributed by atoms with van der Waals surface area (Å²) in [5, 5.41) is 11.9. The van der Waals surface area contributed by atoms with Gasteiger partial charge in [0, 0.05) is 30.0 Å². The molecule has 1 atom stereocenters. The van der Waals surface area contributed by atoms with Gasteiger partial charge in [0.15, 0.2) is 5.82 Å². The van der Waals surface area contributed by atoms with E-state index in [2.05, 4.69) is 51.3 Å². The van der Waals surface area contributed by atoms with Crippen LogP contribution in [0.1, 0.15) is 49.6 Å². The van der Waals surface area contributed by atoms with Crippen molar-refractivity contribution < 1.29 is 4.52 Å². The molecule has 0 aliphatic rings. The van der Waals surface area contributed by atoms with E-state index >= 15 is 0 Å². The van der Waals surface area contributed by atoms with E-state index in [4.69, 9.17) is 4.52 Å². The minimum absolute atomic E-state index is 0. The summed E-state index contributed by atoms with van der Waals surface area (Å²) in [6, 6.07) is 2.21. The van der Waals surface area contributed by atoms with E-state index in [0.29, 0.717) is 24.1 Å². The molecule has 3 heterocycles. The Balaban J connectivity index is 0.00000261. The molecule has 3 aromatic rings. The third kappa shape index (κ3) is 4.70. The predicted octanol–water partition coefficient (Wildman–Crippen LogP) is 3.02. The fourth-order valence-corrected chi connectivity index (χ4v) is 2.71. The van der Waals surface area contributed by atoms with Crippen LogP contribution in [0.15, 0.2) is 16.8 Å². The van der Waals surface area contributed by atoms with Gasteiger partial charge in [-0.15, -0.1) is 12.4 Å². The van der Waals surface area contributed by atoms with Gasteiger partial charge >= 0.3 is 0 Å². The predicted molar refractivity (Wildman–Crippen MR) is 105 cm³/mol. The minimum atomic E-state index is 0. The Morgan fingerprint density at radius 2 is 1.78 bits per heavy atom. The lowest BCUT2D eigenvalue weighted by Gasteiger charge is -2.04. The smallest absolute Gasteiger partial charge is 0.261 e. The van der Waals surface area contributed by atoms with Crippen molar-refractivity contribution in [2.45, 2.75) is 53.0 Å². The largest absolute Gasteiger partial charge is 0.334 e. The molecule has 0 saturated heterocycles. The van der Waals surface area contributed by atoms with E-state index in [1.165, 1.54) is 0 Å². The van der Waals surface area contributed by atoms with Crippen LogP contribution in [0.2, 0.25) is 0 Å². The maximum atomic E-state index is 5.50. The molecular weight excluding hydrogens is 366 g/mol. The molecule has 0 saturated carbocycles. The first kappa shape index (κ1) is 21.0. The van der Waals surface area contributed by atoms with Gasteiger partial charge in [-0.05, 0) is 39.8 Å². The number of likely N-dealkylation sites (N-methyl/N-ethyl adjacent to an activating group) is 1. The van der Waals surface area contributed by atoms with Gasteiger partial charge in [0.05, 0.1) is 11.3 Å². The molecule has 8 nitrogen and oxygen atoms in total. The Morgan fingerprint density at radius 3 is 2.37 bits per heavy atom. The van der Waals surface area contributed by atoms with E-state index in [1.54, 1.807) is 4.68 Å². The zero-order valence-corrected chi connectivity index (χ0v) is 17.3. The van der Waals surface area contributed by atoms with Crippen molar-refractivity contribution in [1.29, 1.82) is 0 Å². The summed E-state index contributed by atoms with van der Waals surface area (Å²) in [6.45, 7) is 10.1. The minimum Gasteiger partial charge on any atom is -0.334 e. The number of hydrogen-bond donors (Lipinski definition) is 1. The number of nitrogens with zero attached hydrogens (tertiary/aromatic N) is 6. The average molecular weight is 392 g/mol. The van der Waals surface area contributed by atoms with Gasteiger partial charge in [-0.1, -0.05) is 19.0 Å². The van der Waals surface area contributed by atoms with E-state index in [1.807, 2.05) is 33.2 Å². The summed E-state index contributed by atoms with van der Waals surface area (Å²) in [7, 11) is 1.91. The van der Waals surface area contributed by atoms with Crippen molar-refractivity contribution in [3.63, 3.8) is 0 Å². The van der Waals surface area contributed by atoms with Gasteiger partial charge in [-0.3, -0.25) is 0 Å². The molecule has 0 aliphatic heterocycles. The molecule has 0 spiro atoms. The molecule has 3 rings (SSSR count). The van der Waals surface area contributed by atoms with Crippen molar-refractivity contribution >= 4 is 12.4 Å². The Hall–Kier alpha value is -2.32. The average Bonchev–Trinajstić information content (AvgIpc) is 3.20. The third-order valence-electron chi connectivity index (χ3n) is 4.15. The molecule has 27 heavy (non-hydrogen) atoms. The second-order valence-corrected chi connectivity index (χ2v) is 6.89. The Morgan fingerprint density at radius 1 is 1.11 bits per heavy atom. The van der Waals surface area contributed by atoms with Crippen LogP contribution in [0.4, 0.5) is 0 Å². The summed E-state index contributed by atoms with van der Waals surface area (Å²) in [6.07, 6.45) is 2.56. The van der Waals surface area contributed by atoms with E-state index in [9.17, 15) is 0 Å². The first-order valence-corrected chi connectivity index (χ1v) is 8.79. The van der Waals surface area contributed by atoms with Crippen molar-refractivity contribution in [3.8, 4) is 17.4 Å². The molecule has 0 amide bonds. The van der Waals surface area contributed by atoms with Crippen LogP contribution in [-0.4, -0.2) is 43.0 Å². The summed E-state index contributed by atoms with van der Waals surface area (Å²) >= 11 is 0. The van der Waals surface area contributed by atoms with Crippen LogP contribution in [0.25, 0.3) is 17.4 Å². The van der Waals surface area contributed by atoms with Crippen LogP contribution < -0.4 is 5.32 Å². The lowest BCUT2D eigenvalue weighted by Crippen LogP contribution is -2.24. The molecule has 146 valence electrons. The molecule has 0 aromatic carbocycles. The first-order chi connectivity index (χ1) is 12.4. The van der Waals surface area contributed by atoms with Gasteiger partial charge in [0.2, 0.25) is 0 Å². The Labute approximate surface area is 165 Å². The Kier molecular flexibility index (Phi) is 6.67. The van der Waals surface area contributed by atoms with Gasteiger partial charge in [-0.2, -0.15) is 10.1 Å². The number of aryl methyl sites for hydroxylation is 2. The van der Waals surface area contributed by atoms with Crippen LogP contribution in [0.3, 0.4) is 0 Å². The molecule has 0 aliphatic carbocycles. The van der Waals surface area contributed by atoms with E-state index in [-0.39, 0.29) is 24.4 Å². The van der Waals surface area contributed by atoms with Gasteiger partial charge < -0.3 is 9.84 Å². The Bertz CT molecular complexity index is 883. The highest BCUT2D eigenvalue weighted by atomic mass is 35.5. The first-order valence-electron chi connectivity index (χ1n) is 8.79. The zero-order chi connectivity index (χ0) is 18.8. The molecule has 3 aromatic heterocycles. The fourth-order valence-electron chi connectivity index (χ4n) is 2.71. The van der Waals surface area contributed by atoms with Crippen LogP contribution in [-0.2, 0) is 6.42 Å². The molecule has 1 unspecified atom stereocenters. The summed E-state index contributed by atoms with van der Waals surface area (Å²) in [5.41, 5.74) is 3.50. The third-order valence-corrected chi connectivity index (χ3v) is 4.15. The normalized spacial score (nSPS) is 12.3. The number of aromatic nitrogens is 6. The van der Waals surface area contributed by atoms with Crippen LogP contribution in [0.5, 0.6) is 0 Å². The van der Waals surface area contributed by atoms with Gasteiger partial charge in [-0.25, -0.2) is 14.6 Å². The number of halogens is 1. The SMILES string of the molecule is CNC(C)Cc1noc(-c2cn(-c3nc(C)cc(C)n3)nc2C(C)C)n1.Cl. The van der Waals surface area contributed by atoms with Crippen molar-refractivity contribution in [3.05, 3.63) is 35.2 Å². The molecular formula is C18H26ClN7O. The van der Waals surface area contributed by atoms with Gasteiger partial charge in [0.1, 0.15) is 0 Å².